The molecule has 1 rings (SSSR count). The Balaban J connectivity index is 3.01. The topological polar surface area (TPSA) is 49.6 Å². The molecule has 0 radical (unpaired) electrons. The van der Waals surface area contributed by atoms with Gasteiger partial charge in [0.2, 0.25) is 0 Å². The van der Waals surface area contributed by atoms with Crippen LogP contribution in [0.3, 0.4) is 0 Å². The van der Waals surface area contributed by atoms with Crippen molar-refractivity contribution in [1.29, 1.82) is 5.26 Å². The zero-order valence-corrected chi connectivity index (χ0v) is 7.33. The second-order valence-electron chi connectivity index (χ2n) is 2.60. The number of nitrogens with zero attached hydrogens (tertiary/aromatic N) is 3. The van der Waals surface area contributed by atoms with Crippen molar-refractivity contribution in [3.63, 3.8) is 0 Å². The van der Waals surface area contributed by atoms with E-state index >= 15 is 0 Å². The minimum Gasteiger partial charge on any atom is -0.241 e. The predicted octanol–water partition coefficient (Wildman–Crippen LogP) is 1.41. The lowest BCUT2D eigenvalue weighted by Crippen LogP contribution is -2.00. The summed E-state index contributed by atoms with van der Waals surface area (Å²) >= 11 is 0. The molecule has 0 saturated heterocycles. The molecular weight excluding hydrogens is 150 g/mol. The first-order valence-corrected chi connectivity index (χ1v) is 3.96. The van der Waals surface area contributed by atoms with E-state index in [9.17, 15) is 0 Å². The summed E-state index contributed by atoms with van der Waals surface area (Å²) in [6, 6.07) is 2.09. The lowest BCUT2D eigenvalue weighted by molar-refractivity contribution is 0.890. The van der Waals surface area contributed by atoms with Crippen LogP contribution in [0.2, 0.25) is 0 Å². The van der Waals surface area contributed by atoms with Gasteiger partial charge in [0.15, 0.2) is 0 Å². The van der Waals surface area contributed by atoms with Crippen LogP contribution >= 0.6 is 0 Å². The van der Waals surface area contributed by atoms with Gasteiger partial charge in [0.05, 0.1) is 18.2 Å². The van der Waals surface area contributed by atoms with E-state index in [0.29, 0.717) is 6.42 Å². The zero-order valence-electron chi connectivity index (χ0n) is 7.33. The Morgan fingerprint density at radius 3 is 2.92 bits per heavy atom. The maximum atomic E-state index is 8.50. The Kier molecular flexibility index (Phi) is 2.76. The van der Waals surface area contributed by atoms with Crippen LogP contribution in [0, 0.1) is 18.3 Å². The summed E-state index contributed by atoms with van der Waals surface area (Å²) in [7, 11) is 0. The molecule has 0 N–H and O–H groups in total. The van der Waals surface area contributed by atoms with Crippen LogP contribution < -0.4 is 0 Å². The van der Waals surface area contributed by atoms with Gasteiger partial charge in [-0.2, -0.15) is 5.26 Å². The highest BCUT2D eigenvalue weighted by Crippen LogP contribution is 2.04. The van der Waals surface area contributed by atoms with Gasteiger partial charge < -0.3 is 0 Å². The van der Waals surface area contributed by atoms with E-state index in [1.165, 1.54) is 0 Å². The van der Waals surface area contributed by atoms with E-state index < -0.39 is 0 Å². The monoisotopic (exact) mass is 161 g/mol. The summed E-state index contributed by atoms with van der Waals surface area (Å²) in [6.45, 7) is 3.92. The molecule has 0 bridgehead atoms. The van der Waals surface area contributed by atoms with Crippen LogP contribution in [-0.4, -0.2) is 9.97 Å². The maximum absolute atomic E-state index is 8.50. The fourth-order valence-electron chi connectivity index (χ4n) is 0.943. The molecule has 12 heavy (non-hydrogen) atoms. The second-order valence-corrected chi connectivity index (χ2v) is 2.60. The van der Waals surface area contributed by atoms with E-state index in [1.807, 2.05) is 13.8 Å². The third-order valence-corrected chi connectivity index (χ3v) is 1.69. The third kappa shape index (κ3) is 1.79. The van der Waals surface area contributed by atoms with Crippen LogP contribution in [-0.2, 0) is 12.8 Å². The average molecular weight is 161 g/mol. The highest BCUT2D eigenvalue weighted by Gasteiger charge is 2.00. The molecule has 0 spiro atoms. The van der Waals surface area contributed by atoms with Crippen molar-refractivity contribution in [1.82, 2.24) is 9.97 Å². The van der Waals surface area contributed by atoms with Crippen LogP contribution in [0.5, 0.6) is 0 Å². The van der Waals surface area contributed by atoms with Gasteiger partial charge in [-0.3, -0.25) is 0 Å². The second kappa shape index (κ2) is 3.82. The molecule has 1 heterocycles. The summed E-state index contributed by atoms with van der Waals surface area (Å²) in [6.07, 6.45) is 2.97. The predicted molar refractivity (Wildman–Crippen MR) is 45.5 cm³/mol. The molecule has 3 nitrogen and oxygen atoms in total. The summed E-state index contributed by atoms with van der Waals surface area (Å²) in [5.41, 5.74) is 1.85. The molecule has 1 aromatic rings. The van der Waals surface area contributed by atoms with Gasteiger partial charge in [0, 0.05) is 12.6 Å². The maximum Gasteiger partial charge on any atom is 0.128 e. The van der Waals surface area contributed by atoms with E-state index in [4.69, 9.17) is 5.26 Å². The summed E-state index contributed by atoms with van der Waals surface area (Å²) in [5.74, 6) is 0.811. The van der Waals surface area contributed by atoms with E-state index in [2.05, 4.69) is 16.0 Å². The molecule has 0 saturated carbocycles. The smallest absolute Gasteiger partial charge is 0.128 e. The Bertz CT molecular complexity index is 312. The molecule has 0 aliphatic heterocycles. The van der Waals surface area contributed by atoms with Crippen molar-refractivity contribution in [2.75, 3.05) is 0 Å². The zero-order chi connectivity index (χ0) is 8.97. The first-order valence-electron chi connectivity index (χ1n) is 3.96. The van der Waals surface area contributed by atoms with Gasteiger partial charge in [0.1, 0.15) is 5.82 Å². The Labute approximate surface area is 72.1 Å². The van der Waals surface area contributed by atoms with Gasteiger partial charge in [-0.1, -0.05) is 6.92 Å². The van der Waals surface area contributed by atoms with E-state index in [1.54, 1.807) is 6.20 Å². The summed E-state index contributed by atoms with van der Waals surface area (Å²) in [5, 5.41) is 8.50. The number of nitriles is 1. The normalized spacial score (nSPS) is 9.42. The van der Waals surface area contributed by atoms with Crippen LogP contribution in [0.25, 0.3) is 0 Å². The van der Waals surface area contributed by atoms with Gasteiger partial charge in [0.25, 0.3) is 0 Å². The number of hydrogen-bond donors (Lipinski definition) is 0. The number of aryl methyl sites for hydroxylation is 2. The summed E-state index contributed by atoms with van der Waals surface area (Å²) in [4.78, 5) is 8.37. The highest BCUT2D eigenvalue weighted by atomic mass is 14.9. The molecule has 62 valence electrons. The molecule has 0 atom stereocenters. The van der Waals surface area contributed by atoms with E-state index in [0.717, 1.165) is 23.5 Å². The standard InChI is InChI=1S/C9H11N3/c1-3-9-11-6-7(2)8(12-9)4-5-10/h6H,3-4H2,1-2H3. The minimum atomic E-state index is 0.376. The van der Waals surface area contributed by atoms with Crippen LogP contribution in [0.15, 0.2) is 6.20 Å². The fourth-order valence-corrected chi connectivity index (χ4v) is 0.943. The average Bonchev–Trinajstić information content (AvgIpc) is 2.09. The molecule has 0 aliphatic carbocycles. The first-order chi connectivity index (χ1) is 5.77. The fraction of sp³-hybridized carbons (Fsp3) is 0.444. The Morgan fingerprint density at radius 2 is 2.33 bits per heavy atom. The summed E-state index contributed by atoms with van der Waals surface area (Å²) < 4.78 is 0. The lowest BCUT2D eigenvalue weighted by Gasteiger charge is -2.01. The molecular formula is C9H11N3. The Hall–Kier alpha value is -1.43. The first kappa shape index (κ1) is 8.66. The van der Waals surface area contributed by atoms with Crippen molar-refractivity contribution in [3.05, 3.63) is 23.3 Å². The van der Waals surface area contributed by atoms with E-state index in [-0.39, 0.29) is 0 Å². The van der Waals surface area contributed by atoms with Gasteiger partial charge >= 0.3 is 0 Å². The minimum absolute atomic E-state index is 0.376. The van der Waals surface area contributed by atoms with Crippen LogP contribution in [0.4, 0.5) is 0 Å². The molecule has 0 aliphatic rings. The number of hydrogen-bond acceptors (Lipinski definition) is 3. The highest BCUT2D eigenvalue weighted by molar-refractivity contribution is 5.18. The molecule has 1 aromatic heterocycles. The van der Waals surface area contributed by atoms with Gasteiger partial charge in [-0.05, 0) is 12.5 Å². The van der Waals surface area contributed by atoms with Crippen molar-refractivity contribution >= 4 is 0 Å². The van der Waals surface area contributed by atoms with Crippen LogP contribution in [0.1, 0.15) is 24.0 Å². The lowest BCUT2D eigenvalue weighted by atomic mass is 10.2. The molecule has 3 heteroatoms. The molecule has 0 unspecified atom stereocenters. The quantitative estimate of drug-likeness (QED) is 0.659. The molecule has 0 amide bonds. The van der Waals surface area contributed by atoms with Crippen molar-refractivity contribution in [2.24, 2.45) is 0 Å². The van der Waals surface area contributed by atoms with Gasteiger partial charge in [-0.25, -0.2) is 9.97 Å². The SMILES string of the molecule is CCc1ncc(C)c(CC#N)n1. The van der Waals surface area contributed by atoms with Gasteiger partial charge in [-0.15, -0.1) is 0 Å². The molecule has 0 aromatic carbocycles. The number of rotatable bonds is 2. The van der Waals surface area contributed by atoms with Crippen molar-refractivity contribution < 1.29 is 0 Å². The van der Waals surface area contributed by atoms with Crippen molar-refractivity contribution in [2.45, 2.75) is 26.7 Å². The Morgan fingerprint density at radius 1 is 1.58 bits per heavy atom. The van der Waals surface area contributed by atoms with Crippen molar-refractivity contribution in [3.8, 4) is 6.07 Å². The third-order valence-electron chi connectivity index (χ3n) is 1.69. The largest absolute Gasteiger partial charge is 0.241 e. The number of aromatic nitrogens is 2. The molecule has 0 fully saturated rings.